The average Bonchev–Trinajstić information content (AvgIpc) is 3.25. The minimum atomic E-state index is 0.639. The van der Waals surface area contributed by atoms with Crippen LogP contribution in [0.2, 0.25) is 0 Å². The summed E-state index contributed by atoms with van der Waals surface area (Å²) in [6.07, 6.45) is 10.1. The fraction of sp³-hybridized carbons (Fsp3) is 0. The predicted molar refractivity (Wildman–Crippen MR) is 95.4 cm³/mol. The standard InChI is InChI=1S/C19H9N5O2/c1-2-20-6-15-11(1)18-14(25-15)3-10(5-23-18)13-4-12-16(8-22-13)26-17-7-21-9-24-19(12)17/h1-9H. The number of hydrogen-bond donors (Lipinski definition) is 0. The highest BCUT2D eigenvalue weighted by molar-refractivity contribution is 6.04. The summed E-state index contributed by atoms with van der Waals surface area (Å²) < 4.78 is 11.6. The molecule has 6 rings (SSSR count). The Balaban J connectivity index is 1.59. The summed E-state index contributed by atoms with van der Waals surface area (Å²) >= 11 is 0. The number of nitrogens with zero attached hydrogens (tertiary/aromatic N) is 5. The van der Waals surface area contributed by atoms with E-state index >= 15 is 0 Å². The fourth-order valence-corrected chi connectivity index (χ4v) is 3.22. The van der Waals surface area contributed by atoms with Crippen molar-refractivity contribution in [3.05, 3.63) is 55.5 Å². The van der Waals surface area contributed by atoms with Crippen molar-refractivity contribution in [2.24, 2.45) is 0 Å². The van der Waals surface area contributed by atoms with Crippen molar-refractivity contribution in [1.82, 2.24) is 24.9 Å². The van der Waals surface area contributed by atoms with Crippen molar-refractivity contribution in [2.45, 2.75) is 0 Å². The van der Waals surface area contributed by atoms with Crippen molar-refractivity contribution >= 4 is 44.1 Å². The van der Waals surface area contributed by atoms with Crippen molar-refractivity contribution in [3.63, 3.8) is 0 Å². The van der Waals surface area contributed by atoms with E-state index in [9.17, 15) is 0 Å². The Morgan fingerprint density at radius 1 is 0.654 bits per heavy atom. The molecule has 26 heavy (non-hydrogen) atoms. The molecule has 0 amide bonds. The molecule has 0 N–H and O–H groups in total. The second-order valence-electron chi connectivity index (χ2n) is 5.95. The zero-order valence-corrected chi connectivity index (χ0v) is 13.2. The molecule has 0 radical (unpaired) electrons. The van der Waals surface area contributed by atoms with Crippen LogP contribution in [0.15, 0.2) is 64.3 Å². The van der Waals surface area contributed by atoms with Gasteiger partial charge in [-0.25, -0.2) is 9.97 Å². The lowest BCUT2D eigenvalue weighted by Gasteiger charge is -2.00. The van der Waals surface area contributed by atoms with Crippen LogP contribution >= 0.6 is 0 Å². The third-order valence-electron chi connectivity index (χ3n) is 4.43. The van der Waals surface area contributed by atoms with Gasteiger partial charge < -0.3 is 8.83 Å². The third-order valence-corrected chi connectivity index (χ3v) is 4.43. The van der Waals surface area contributed by atoms with E-state index in [1.54, 1.807) is 31.0 Å². The lowest BCUT2D eigenvalue weighted by atomic mass is 10.1. The van der Waals surface area contributed by atoms with E-state index in [1.165, 1.54) is 6.33 Å². The summed E-state index contributed by atoms with van der Waals surface area (Å²) in [6.45, 7) is 0. The van der Waals surface area contributed by atoms with Crippen LogP contribution in [-0.4, -0.2) is 24.9 Å². The SMILES string of the molecule is c1cc2c(cn1)oc1cc(-c3cc4c(cn3)oc3cncnc34)cnc12. The molecule has 0 unspecified atom stereocenters. The first kappa shape index (κ1) is 13.4. The molecule has 7 nitrogen and oxygen atoms in total. The Labute approximate surface area is 145 Å². The highest BCUT2D eigenvalue weighted by atomic mass is 16.3. The summed E-state index contributed by atoms with van der Waals surface area (Å²) in [4.78, 5) is 21.5. The van der Waals surface area contributed by atoms with Crippen molar-refractivity contribution in [1.29, 1.82) is 0 Å². The maximum atomic E-state index is 5.87. The summed E-state index contributed by atoms with van der Waals surface area (Å²) in [5, 5.41) is 1.84. The fourth-order valence-electron chi connectivity index (χ4n) is 3.22. The number of furan rings is 2. The van der Waals surface area contributed by atoms with Gasteiger partial charge in [0.2, 0.25) is 0 Å². The first-order valence-electron chi connectivity index (χ1n) is 7.98. The molecular weight excluding hydrogens is 330 g/mol. The minimum absolute atomic E-state index is 0.639. The van der Waals surface area contributed by atoms with Gasteiger partial charge >= 0.3 is 0 Å². The number of hydrogen-bond acceptors (Lipinski definition) is 7. The maximum Gasteiger partial charge on any atom is 0.172 e. The Hall–Kier alpha value is -3.87. The topological polar surface area (TPSA) is 90.7 Å². The molecule has 0 spiro atoms. The van der Waals surface area contributed by atoms with Crippen LogP contribution in [0.3, 0.4) is 0 Å². The summed E-state index contributed by atoms with van der Waals surface area (Å²) in [5.41, 5.74) is 5.94. The van der Waals surface area contributed by atoms with Gasteiger partial charge in [-0.1, -0.05) is 0 Å². The van der Waals surface area contributed by atoms with Crippen LogP contribution in [0.25, 0.3) is 55.4 Å². The van der Waals surface area contributed by atoms with Gasteiger partial charge in [0.05, 0.1) is 29.7 Å². The van der Waals surface area contributed by atoms with Gasteiger partial charge in [-0.2, -0.15) is 0 Å². The van der Waals surface area contributed by atoms with E-state index in [-0.39, 0.29) is 0 Å². The zero-order valence-electron chi connectivity index (χ0n) is 13.2. The Kier molecular flexibility index (Phi) is 2.49. The van der Waals surface area contributed by atoms with E-state index < -0.39 is 0 Å². The zero-order chi connectivity index (χ0) is 17.1. The number of rotatable bonds is 1. The van der Waals surface area contributed by atoms with Gasteiger partial charge in [-0.3, -0.25) is 15.0 Å². The van der Waals surface area contributed by atoms with Crippen LogP contribution in [-0.2, 0) is 0 Å². The van der Waals surface area contributed by atoms with Gasteiger partial charge in [0.25, 0.3) is 0 Å². The van der Waals surface area contributed by atoms with E-state index in [2.05, 4.69) is 24.9 Å². The van der Waals surface area contributed by atoms with E-state index in [4.69, 9.17) is 8.83 Å². The average molecular weight is 339 g/mol. The minimum Gasteiger partial charge on any atom is -0.453 e. The highest BCUT2D eigenvalue weighted by Crippen LogP contribution is 2.32. The Bertz CT molecular complexity index is 1450. The van der Waals surface area contributed by atoms with Gasteiger partial charge in [0.1, 0.15) is 17.4 Å². The maximum absolute atomic E-state index is 5.87. The van der Waals surface area contributed by atoms with Crippen LogP contribution in [0.5, 0.6) is 0 Å². The molecule has 0 aliphatic carbocycles. The first-order chi connectivity index (χ1) is 12.9. The normalized spacial score (nSPS) is 11.8. The van der Waals surface area contributed by atoms with Gasteiger partial charge in [0, 0.05) is 23.3 Å². The van der Waals surface area contributed by atoms with Crippen molar-refractivity contribution in [2.75, 3.05) is 0 Å². The van der Waals surface area contributed by atoms with Crippen LogP contribution in [0.4, 0.5) is 0 Å². The number of fused-ring (bicyclic) bond motifs is 6. The number of aromatic nitrogens is 5. The molecule has 122 valence electrons. The van der Waals surface area contributed by atoms with Crippen LogP contribution in [0.1, 0.15) is 0 Å². The van der Waals surface area contributed by atoms with Crippen molar-refractivity contribution in [3.8, 4) is 11.3 Å². The van der Waals surface area contributed by atoms with Gasteiger partial charge in [0.15, 0.2) is 22.3 Å². The van der Waals surface area contributed by atoms with Gasteiger partial charge in [-0.05, 0) is 18.2 Å². The molecule has 6 aromatic rings. The molecular formula is C19H9N5O2. The van der Waals surface area contributed by atoms with E-state index in [1.807, 2.05) is 18.2 Å². The van der Waals surface area contributed by atoms with Gasteiger partial charge in [-0.15, -0.1) is 0 Å². The summed E-state index contributed by atoms with van der Waals surface area (Å²) in [7, 11) is 0. The van der Waals surface area contributed by atoms with E-state index in [0.717, 1.165) is 33.1 Å². The smallest absolute Gasteiger partial charge is 0.172 e. The lowest BCUT2D eigenvalue weighted by Crippen LogP contribution is -1.85. The first-order valence-corrected chi connectivity index (χ1v) is 7.98. The molecule has 7 heteroatoms. The molecule has 0 saturated carbocycles. The second kappa shape index (κ2) is 4.82. The largest absolute Gasteiger partial charge is 0.453 e. The Morgan fingerprint density at radius 2 is 1.50 bits per heavy atom. The predicted octanol–water partition coefficient (Wildman–Crippen LogP) is 4.13. The second-order valence-corrected chi connectivity index (χ2v) is 5.95. The lowest BCUT2D eigenvalue weighted by molar-refractivity contribution is 0.664. The molecule has 0 aliphatic heterocycles. The van der Waals surface area contributed by atoms with Crippen LogP contribution in [0, 0.1) is 0 Å². The third kappa shape index (κ3) is 1.79. The van der Waals surface area contributed by atoms with Crippen LogP contribution < -0.4 is 0 Å². The molecule has 0 aliphatic rings. The van der Waals surface area contributed by atoms with E-state index in [0.29, 0.717) is 22.3 Å². The Morgan fingerprint density at radius 3 is 2.50 bits per heavy atom. The number of pyridine rings is 3. The summed E-state index contributed by atoms with van der Waals surface area (Å²) in [5.74, 6) is 0. The summed E-state index contributed by atoms with van der Waals surface area (Å²) in [6, 6.07) is 5.78. The quantitative estimate of drug-likeness (QED) is 0.445. The monoisotopic (exact) mass is 339 g/mol. The molecule has 0 bridgehead atoms. The molecule has 0 saturated heterocycles. The van der Waals surface area contributed by atoms with Crippen molar-refractivity contribution < 1.29 is 8.83 Å². The molecule has 0 atom stereocenters. The molecule has 0 aromatic carbocycles. The molecule has 6 aromatic heterocycles. The highest BCUT2D eigenvalue weighted by Gasteiger charge is 2.13. The molecule has 0 fully saturated rings. The molecule has 6 heterocycles.